The van der Waals surface area contributed by atoms with Gasteiger partial charge in [-0.15, -0.1) is 0 Å². The van der Waals surface area contributed by atoms with Crippen molar-refractivity contribution in [1.29, 1.82) is 0 Å². The molecule has 84 valence electrons. The Kier molecular flexibility index (Phi) is 2.56. The van der Waals surface area contributed by atoms with E-state index in [2.05, 4.69) is 4.98 Å². The van der Waals surface area contributed by atoms with E-state index in [1.165, 1.54) is 0 Å². The number of methoxy groups -OCH3 is 1. The molecule has 0 radical (unpaired) electrons. The van der Waals surface area contributed by atoms with Gasteiger partial charge in [0.2, 0.25) is 0 Å². The summed E-state index contributed by atoms with van der Waals surface area (Å²) in [5.74, 6) is 1.67. The van der Waals surface area contributed by atoms with Crippen LogP contribution in [-0.4, -0.2) is 16.7 Å². The molecule has 0 atom stereocenters. The van der Waals surface area contributed by atoms with Gasteiger partial charge in [0.15, 0.2) is 0 Å². The Bertz CT molecular complexity index is 517. The average Bonchev–Trinajstić information content (AvgIpc) is 2.61. The maximum atomic E-state index is 5.77. The van der Waals surface area contributed by atoms with E-state index in [1.807, 2.05) is 42.9 Å². The molecular formula is C12H15N3O. The van der Waals surface area contributed by atoms with Crippen LogP contribution < -0.4 is 10.5 Å². The van der Waals surface area contributed by atoms with Crippen LogP contribution in [0.2, 0.25) is 0 Å². The minimum Gasteiger partial charge on any atom is -0.495 e. The Morgan fingerprint density at radius 2 is 2.12 bits per heavy atom. The molecular weight excluding hydrogens is 202 g/mol. The molecule has 0 fully saturated rings. The average molecular weight is 217 g/mol. The lowest BCUT2D eigenvalue weighted by molar-refractivity contribution is 0.417. The van der Waals surface area contributed by atoms with E-state index in [4.69, 9.17) is 10.5 Å². The number of nitrogens with zero attached hydrogens (tertiary/aromatic N) is 2. The monoisotopic (exact) mass is 217 g/mol. The zero-order valence-electron chi connectivity index (χ0n) is 9.69. The van der Waals surface area contributed by atoms with Crippen molar-refractivity contribution in [1.82, 2.24) is 9.55 Å². The summed E-state index contributed by atoms with van der Waals surface area (Å²) in [4.78, 5) is 4.26. The van der Waals surface area contributed by atoms with Crippen molar-refractivity contribution in [2.75, 3.05) is 12.8 Å². The quantitative estimate of drug-likeness (QED) is 0.783. The van der Waals surface area contributed by atoms with E-state index in [0.29, 0.717) is 11.4 Å². The van der Waals surface area contributed by atoms with Crippen LogP contribution in [0.15, 0.2) is 24.4 Å². The fraction of sp³-hybridized carbons (Fsp3) is 0.250. The Morgan fingerprint density at radius 1 is 1.38 bits per heavy atom. The van der Waals surface area contributed by atoms with Gasteiger partial charge in [-0.2, -0.15) is 0 Å². The fourth-order valence-corrected chi connectivity index (χ4v) is 1.64. The molecule has 2 rings (SSSR count). The second-order valence-corrected chi connectivity index (χ2v) is 3.71. The van der Waals surface area contributed by atoms with Gasteiger partial charge in [-0.1, -0.05) is 6.07 Å². The number of hydrogen-bond acceptors (Lipinski definition) is 3. The molecule has 2 N–H and O–H groups in total. The number of ether oxygens (including phenoxy) is 1. The largest absolute Gasteiger partial charge is 0.495 e. The smallest absolute Gasteiger partial charge is 0.142 e. The number of anilines is 1. The van der Waals surface area contributed by atoms with E-state index in [9.17, 15) is 0 Å². The molecule has 0 aliphatic rings. The minimum absolute atomic E-state index is 0.644. The molecule has 0 aliphatic heterocycles. The van der Waals surface area contributed by atoms with Crippen molar-refractivity contribution < 1.29 is 4.74 Å². The summed E-state index contributed by atoms with van der Waals surface area (Å²) in [6.45, 7) is 1.97. The van der Waals surface area contributed by atoms with E-state index < -0.39 is 0 Å². The molecule has 4 nitrogen and oxygen atoms in total. The minimum atomic E-state index is 0.644. The van der Waals surface area contributed by atoms with Gasteiger partial charge >= 0.3 is 0 Å². The summed E-state index contributed by atoms with van der Waals surface area (Å²) >= 11 is 0. The highest BCUT2D eigenvalue weighted by Gasteiger charge is 2.07. The van der Waals surface area contributed by atoms with Crippen molar-refractivity contribution in [3.05, 3.63) is 30.2 Å². The van der Waals surface area contributed by atoms with Crippen LogP contribution in [0, 0.1) is 6.92 Å². The number of rotatable bonds is 2. The third-order valence-electron chi connectivity index (χ3n) is 2.75. The normalized spacial score (nSPS) is 10.4. The van der Waals surface area contributed by atoms with Crippen molar-refractivity contribution in [2.24, 2.45) is 7.05 Å². The zero-order valence-corrected chi connectivity index (χ0v) is 9.69. The molecule has 1 aromatic carbocycles. The molecule has 4 heteroatoms. The van der Waals surface area contributed by atoms with Crippen LogP contribution in [0.5, 0.6) is 5.75 Å². The Balaban J connectivity index is 2.52. The van der Waals surface area contributed by atoms with Gasteiger partial charge < -0.3 is 15.0 Å². The van der Waals surface area contributed by atoms with Gasteiger partial charge in [-0.05, 0) is 19.1 Å². The van der Waals surface area contributed by atoms with Gasteiger partial charge in [0.05, 0.1) is 24.7 Å². The number of benzene rings is 1. The molecule has 0 saturated carbocycles. The van der Waals surface area contributed by atoms with Crippen LogP contribution in [0.25, 0.3) is 11.3 Å². The highest BCUT2D eigenvalue weighted by molar-refractivity contribution is 5.67. The van der Waals surface area contributed by atoms with Gasteiger partial charge in [0.1, 0.15) is 11.6 Å². The standard InChI is InChI=1S/C12H15N3O/c1-8-14-7-11(15(8)2)9-4-5-10(13)12(6-9)16-3/h4-7H,13H2,1-3H3. The Hall–Kier alpha value is -1.97. The molecule has 0 amide bonds. The van der Waals surface area contributed by atoms with Gasteiger partial charge in [0.25, 0.3) is 0 Å². The lowest BCUT2D eigenvalue weighted by Gasteiger charge is -2.08. The lowest BCUT2D eigenvalue weighted by atomic mass is 10.1. The Morgan fingerprint density at radius 3 is 2.69 bits per heavy atom. The van der Waals surface area contributed by atoms with Crippen LogP contribution in [0.1, 0.15) is 5.82 Å². The molecule has 0 unspecified atom stereocenters. The predicted octanol–water partition coefficient (Wildman–Crippen LogP) is 1.99. The number of aromatic nitrogens is 2. The third-order valence-corrected chi connectivity index (χ3v) is 2.75. The van der Waals surface area contributed by atoms with Gasteiger partial charge in [-0.3, -0.25) is 0 Å². The first kappa shape index (κ1) is 10.5. The number of hydrogen-bond donors (Lipinski definition) is 1. The number of aryl methyl sites for hydroxylation is 1. The lowest BCUT2D eigenvalue weighted by Crippen LogP contribution is -1.96. The topological polar surface area (TPSA) is 53.1 Å². The maximum absolute atomic E-state index is 5.77. The third kappa shape index (κ3) is 1.62. The predicted molar refractivity (Wildman–Crippen MR) is 64.3 cm³/mol. The number of nitrogen functional groups attached to an aromatic ring is 1. The van der Waals surface area contributed by atoms with Crippen LogP contribution in [0.4, 0.5) is 5.69 Å². The summed E-state index contributed by atoms with van der Waals surface area (Å²) in [6.07, 6.45) is 1.85. The van der Waals surface area contributed by atoms with E-state index in [-0.39, 0.29) is 0 Å². The summed E-state index contributed by atoms with van der Waals surface area (Å²) in [7, 11) is 3.60. The molecule has 0 spiro atoms. The first-order valence-electron chi connectivity index (χ1n) is 5.05. The number of imidazole rings is 1. The van der Waals surface area contributed by atoms with Gasteiger partial charge in [-0.25, -0.2) is 4.98 Å². The number of nitrogens with two attached hydrogens (primary N) is 1. The van der Waals surface area contributed by atoms with Crippen LogP contribution in [0.3, 0.4) is 0 Å². The molecule has 2 aromatic rings. The zero-order chi connectivity index (χ0) is 11.7. The van der Waals surface area contributed by atoms with Crippen LogP contribution in [-0.2, 0) is 7.05 Å². The fourth-order valence-electron chi connectivity index (χ4n) is 1.64. The second-order valence-electron chi connectivity index (χ2n) is 3.71. The first-order valence-corrected chi connectivity index (χ1v) is 5.05. The summed E-state index contributed by atoms with van der Waals surface area (Å²) in [5.41, 5.74) is 8.52. The van der Waals surface area contributed by atoms with Gasteiger partial charge in [0, 0.05) is 12.6 Å². The van der Waals surface area contributed by atoms with Crippen molar-refractivity contribution in [3.8, 4) is 17.0 Å². The second kappa shape index (κ2) is 3.89. The Labute approximate surface area is 94.7 Å². The first-order chi connectivity index (χ1) is 7.63. The molecule has 0 bridgehead atoms. The van der Waals surface area contributed by atoms with Crippen molar-refractivity contribution >= 4 is 5.69 Å². The summed E-state index contributed by atoms with van der Waals surface area (Å²) < 4.78 is 7.23. The van der Waals surface area contributed by atoms with E-state index in [1.54, 1.807) is 7.11 Å². The van der Waals surface area contributed by atoms with Crippen molar-refractivity contribution in [3.63, 3.8) is 0 Å². The molecule has 0 saturated heterocycles. The molecule has 0 aliphatic carbocycles. The van der Waals surface area contributed by atoms with E-state index in [0.717, 1.165) is 17.1 Å². The SMILES string of the molecule is COc1cc(-c2cnc(C)n2C)ccc1N. The highest BCUT2D eigenvalue weighted by atomic mass is 16.5. The van der Waals surface area contributed by atoms with E-state index >= 15 is 0 Å². The maximum Gasteiger partial charge on any atom is 0.142 e. The summed E-state index contributed by atoms with van der Waals surface area (Å²) in [6, 6.07) is 5.73. The molecule has 1 aromatic heterocycles. The summed E-state index contributed by atoms with van der Waals surface area (Å²) in [5, 5.41) is 0. The highest BCUT2D eigenvalue weighted by Crippen LogP contribution is 2.28. The molecule has 16 heavy (non-hydrogen) atoms. The molecule has 1 heterocycles. The van der Waals surface area contributed by atoms with Crippen molar-refractivity contribution in [2.45, 2.75) is 6.92 Å². The van der Waals surface area contributed by atoms with Crippen LogP contribution >= 0.6 is 0 Å².